The minimum atomic E-state index is -0.260. The van der Waals surface area contributed by atoms with Crippen molar-refractivity contribution in [1.82, 2.24) is 5.32 Å². The zero-order valence-corrected chi connectivity index (χ0v) is 10.2. The van der Waals surface area contributed by atoms with E-state index in [1.54, 1.807) is 0 Å². The third kappa shape index (κ3) is 3.35. The second kappa shape index (κ2) is 5.66. The Morgan fingerprint density at radius 3 is 2.56 bits per heavy atom. The lowest BCUT2D eigenvalue weighted by atomic mass is 10.0. The van der Waals surface area contributed by atoms with Gasteiger partial charge in [-0.1, -0.05) is 31.2 Å². The molecule has 88 valence electrons. The van der Waals surface area contributed by atoms with Crippen molar-refractivity contribution in [1.29, 1.82) is 0 Å². The van der Waals surface area contributed by atoms with Gasteiger partial charge in [0.2, 0.25) is 5.91 Å². The van der Waals surface area contributed by atoms with Gasteiger partial charge < -0.3 is 11.1 Å². The maximum absolute atomic E-state index is 10.9. The highest BCUT2D eigenvalue weighted by Gasteiger charge is 2.12. The molecule has 1 aromatic carbocycles. The van der Waals surface area contributed by atoms with Crippen LogP contribution in [0.1, 0.15) is 31.0 Å². The van der Waals surface area contributed by atoms with Crippen molar-refractivity contribution in [3.05, 3.63) is 35.4 Å². The SMILES string of the molecule is Cc1ccccc1[C@@H](C)NCC(C)C(N)=O. The number of aryl methyl sites for hydroxylation is 1. The largest absolute Gasteiger partial charge is 0.369 e. The van der Waals surface area contributed by atoms with Crippen LogP contribution < -0.4 is 11.1 Å². The van der Waals surface area contributed by atoms with Gasteiger partial charge in [0.1, 0.15) is 0 Å². The van der Waals surface area contributed by atoms with Crippen LogP contribution in [0.15, 0.2) is 24.3 Å². The molecule has 1 aromatic rings. The van der Waals surface area contributed by atoms with E-state index in [2.05, 4.69) is 31.3 Å². The van der Waals surface area contributed by atoms with Crippen molar-refractivity contribution in [2.24, 2.45) is 11.7 Å². The summed E-state index contributed by atoms with van der Waals surface area (Å²) in [5.74, 6) is -0.393. The highest BCUT2D eigenvalue weighted by Crippen LogP contribution is 2.16. The molecule has 0 saturated carbocycles. The first-order chi connectivity index (χ1) is 7.52. The monoisotopic (exact) mass is 220 g/mol. The number of hydrogen-bond donors (Lipinski definition) is 2. The van der Waals surface area contributed by atoms with Crippen LogP contribution in [-0.4, -0.2) is 12.5 Å². The topological polar surface area (TPSA) is 55.1 Å². The Hall–Kier alpha value is -1.35. The van der Waals surface area contributed by atoms with Crippen LogP contribution in [0.5, 0.6) is 0 Å². The third-order valence-electron chi connectivity index (χ3n) is 2.87. The number of amides is 1. The first-order valence-electron chi connectivity index (χ1n) is 5.60. The summed E-state index contributed by atoms with van der Waals surface area (Å²) < 4.78 is 0. The Morgan fingerprint density at radius 1 is 1.38 bits per heavy atom. The summed E-state index contributed by atoms with van der Waals surface area (Å²) in [4.78, 5) is 10.9. The highest BCUT2D eigenvalue weighted by atomic mass is 16.1. The molecule has 3 heteroatoms. The predicted octanol–water partition coefficient (Wildman–Crippen LogP) is 1.77. The maximum Gasteiger partial charge on any atom is 0.221 e. The number of benzene rings is 1. The molecule has 1 unspecified atom stereocenters. The van der Waals surface area contributed by atoms with Gasteiger partial charge in [-0.05, 0) is 25.0 Å². The summed E-state index contributed by atoms with van der Waals surface area (Å²) in [7, 11) is 0. The van der Waals surface area contributed by atoms with Gasteiger partial charge in [0, 0.05) is 18.5 Å². The molecule has 2 atom stereocenters. The van der Waals surface area contributed by atoms with Crippen molar-refractivity contribution in [3.63, 3.8) is 0 Å². The van der Waals surface area contributed by atoms with E-state index in [-0.39, 0.29) is 17.9 Å². The predicted molar refractivity (Wildman–Crippen MR) is 66.0 cm³/mol. The van der Waals surface area contributed by atoms with E-state index in [1.165, 1.54) is 11.1 Å². The fourth-order valence-electron chi connectivity index (χ4n) is 1.64. The highest BCUT2D eigenvalue weighted by molar-refractivity contribution is 5.76. The fraction of sp³-hybridized carbons (Fsp3) is 0.462. The maximum atomic E-state index is 10.9. The first kappa shape index (κ1) is 12.7. The summed E-state index contributed by atoms with van der Waals surface area (Å²) in [6, 6.07) is 8.48. The van der Waals surface area contributed by atoms with E-state index in [4.69, 9.17) is 5.73 Å². The van der Waals surface area contributed by atoms with E-state index in [0.29, 0.717) is 6.54 Å². The third-order valence-corrected chi connectivity index (χ3v) is 2.87. The molecule has 3 nitrogen and oxygen atoms in total. The fourth-order valence-corrected chi connectivity index (χ4v) is 1.64. The quantitative estimate of drug-likeness (QED) is 0.794. The lowest BCUT2D eigenvalue weighted by Gasteiger charge is -2.18. The van der Waals surface area contributed by atoms with Gasteiger partial charge in [-0.25, -0.2) is 0 Å². The Morgan fingerprint density at radius 2 is 2.00 bits per heavy atom. The van der Waals surface area contributed by atoms with Crippen LogP contribution >= 0.6 is 0 Å². The molecular weight excluding hydrogens is 200 g/mol. The molecule has 0 aliphatic heterocycles. The van der Waals surface area contributed by atoms with Gasteiger partial charge in [0.25, 0.3) is 0 Å². The lowest BCUT2D eigenvalue weighted by Crippen LogP contribution is -2.32. The summed E-state index contributed by atoms with van der Waals surface area (Å²) >= 11 is 0. The Labute approximate surface area is 97.0 Å². The normalized spacial score (nSPS) is 14.4. The number of carbonyl (C=O) groups excluding carboxylic acids is 1. The standard InChI is InChI=1S/C13H20N2O/c1-9-6-4-5-7-12(9)11(3)15-8-10(2)13(14)16/h4-7,10-11,15H,8H2,1-3H3,(H2,14,16)/t10?,11-/m1/s1. The Bertz CT molecular complexity index is 363. The lowest BCUT2D eigenvalue weighted by molar-refractivity contribution is -0.121. The molecule has 0 fully saturated rings. The molecule has 0 spiro atoms. The van der Waals surface area contributed by atoms with E-state index >= 15 is 0 Å². The van der Waals surface area contributed by atoms with Gasteiger partial charge in [-0.15, -0.1) is 0 Å². The average Bonchev–Trinajstić information content (AvgIpc) is 2.25. The zero-order chi connectivity index (χ0) is 12.1. The van der Waals surface area contributed by atoms with E-state index < -0.39 is 0 Å². The van der Waals surface area contributed by atoms with Crippen LogP contribution in [-0.2, 0) is 4.79 Å². The van der Waals surface area contributed by atoms with E-state index in [9.17, 15) is 4.79 Å². The van der Waals surface area contributed by atoms with Crippen molar-refractivity contribution in [3.8, 4) is 0 Å². The zero-order valence-electron chi connectivity index (χ0n) is 10.2. The molecule has 1 amide bonds. The molecular formula is C13H20N2O. The molecule has 16 heavy (non-hydrogen) atoms. The van der Waals surface area contributed by atoms with Crippen LogP contribution in [0, 0.1) is 12.8 Å². The van der Waals surface area contributed by atoms with Gasteiger partial charge in [0.05, 0.1) is 0 Å². The van der Waals surface area contributed by atoms with Crippen molar-refractivity contribution in [2.45, 2.75) is 26.8 Å². The van der Waals surface area contributed by atoms with Crippen LogP contribution in [0.25, 0.3) is 0 Å². The second-order valence-corrected chi connectivity index (χ2v) is 4.29. The van der Waals surface area contributed by atoms with Crippen LogP contribution in [0.2, 0.25) is 0 Å². The molecule has 0 aromatic heterocycles. The van der Waals surface area contributed by atoms with Crippen molar-refractivity contribution in [2.75, 3.05) is 6.54 Å². The summed E-state index contributed by atoms with van der Waals surface area (Å²) in [6.45, 7) is 6.63. The summed E-state index contributed by atoms with van der Waals surface area (Å²) in [5, 5.41) is 3.32. The number of rotatable bonds is 5. The minimum Gasteiger partial charge on any atom is -0.369 e. The number of carbonyl (C=O) groups is 1. The molecule has 1 rings (SSSR count). The number of hydrogen-bond acceptors (Lipinski definition) is 2. The van der Waals surface area contributed by atoms with Crippen molar-refractivity contribution >= 4 is 5.91 Å². The average molecular weight is 220 g/mol. The molecule has 0 saturated heterocycles. The van der Waals surface area contributed by atoms with Gasteiger partial charge in [0.15, 0.2) is 0 Å². The van der Waals surface area contributed by atoms with Gasteiger partial charge >= 0.3 is 0 Å². The van der Waals surface area contributed by atoms with E-state index in [1.807, 2.05) is 19.1 Å². The number of nitrogens with two attached hydrogens (primary N) is 1. The number of primary amides is 1. The first-order valence-corrected chi connectivity index (χ1v) is 5.60. The van der Waals surface area contributed by atoms with Gasteiger partial charge in [-0.2, -0.15) is 0 Å². The molecule has 0 bridgehead atoms. The van der Waals surface area contributed by atoms with E-state index in [0.717, 1.165) is 0 Å². The molecule has 3 N–H and O–H groups in total. The minimum absolute atomic E-state index is 0.133. The summed E-state index contributed by atoms with van der Waals surface area (Å²) in [5.41, 5.74) is 7.73. The van der Waals surface area contributed by atoms with Crippen LogP contribution in [0.3, 0.4) is 0 Å². The number of nitrogens with one attached hydrogen (secondary N) is 1. The molecule has 0 radical (unpaired) electrons. The van der Waals surface area contributed by atoms with Crippen molar-refractivity contribution < 1.29 is 4.79 Å². The molecule has 0 aliphatic carbocycles. The summed E-state index contributed by atoms with van der Waals surface area (Å²) in [6.07, 6.45) is 0. The molecule has 0 aliphatic rings. The van der Waals surface area contributed by atoms with Crippen LogP contribution in [0.4, 0.5) is 0 Å². The Kier molecular flexibility index (Phi) is 4.50. The van der Waals surface area contributed by atoms with Gasteiger partial charge in [-0.3, -0.25) is 4.79 Å². The second-order valence-electron chi connectivity index (χ2n) is 4.29. The molecule has 0 heterocycles. The smallest absolute Gasteiger partial charge is 0.221 e. The Balaban J connectivity index is 2.56.